The van der Waals surface area contributed by atoms with Crippen LogP contribution in [0.3, 0.4) is 0 Å². The molecule has 0 unspecified atom stereocenters. The Balaban J connectivity index is 1.66. The number of aromatic nitrogens is 4. The molecule has 8 nitrogen and oxygen atoms in total. The predicted molar refractivity (Wildman–Crippen MR) is 140 cm³/mol. The Morgan fingerprint density at radius 3 is 2.25 bits per heavy atom. The number of carbonyl (C=O) groups is 1. The maximum Gasteiger partial charge on any atom is 0.339 e. The molecule has 1 aromatic carbocycles. The van der Waals surface area contributed by atoms with Crippen molar-refractivity contribution < 1.29 is 9.90 Å². The standard InChI is InChI=1S/C28H34N4O4/c33-26-23-25(31-28(36)32-26)30-24(29-23)22(27(34)35)21(16-18-11-5-2-6-12-18)20-14-8-7-13-19(20)15-17-9-3-1-4-10-17/h7-8,13-14,17-18H,1-6,9-12,15-16H2,(H,34,35)(H3,29,30,31,32,33,36). The normalized spacial score (nSPS) is 18.3. The van der Waals surface area contributed by atoms with Gasteiger partial charge in [0.1, 0.15) is 17.0 Å². The largest absolute Gasteiger partial charge is 0.478 e. The van der Waals surface area contributed by atoms with Gasteiger partial charge in [-0.2, -0.15) is 0 Å². The minimum absolute atomic E-state index is 0.00384. The number of carboxylic acids is 1. The van der Waals surface area contributed by atoms with Gasteiger partial charge < -0.3 is 10.1 Å². The summed E-state index contributed by atoms with van der Waals surface area (Å²) in [5.41, 5.74) is 1.80. The third kappa shape index (κ3) is 5.22. The van der Waals surface area contributed by atoms with Gasteiger partial charge in [0.15, 0.2) is 5.52 Å². The van der Waals surface area contributed by atoms with Crippen molar-refractivity contribution in [2.24, 2.45) is 11.8 Å². The molecule has 2 saturated carbocycles. The lowest BCUT2D eigenvalue weighted by Crippen LogP contribution is -2.21. The second-order valence-corrected chi connectivity index (χ2v) is 10.4. The number of hydrogen-bond acceptors (Lipinski definition) is 4. The first-order valence-electron chi connectivity index (χ1n) is 13.3. The van der Waals surface area contributed by atoms with Crippen molar-refractivity contribution in [2.75, 3.05) is 0 Å². The number of aromatic amines is 3. The molecule has 2 fully saturated rings. The van der Waals surface area contributed by atoms with Gasteiger partial charge in [0.25, 0.3) is 5.56 Å². The van der Waals surface area contributed by atoms with Crippen molar-refractivity contribution in [1.82, 2.24) is 19.9 Å². The van der Waals surface area contributed by atoms with Gasteiger partial charge in [-0.05, 0) is 41.4 Å². The Bertz CT molecular complexity index is 1380. The van der Waals surface area contributed by atoms with Gasteiger partial charge in [-0.3, -0.25) is 14.8 Å². The number of H-pyrrole nitrogens is 3. The van der Waals surface area contributed by atoms with Crippen molar-refractivity contribution in [2.45, 2.75) is 77.0 Å². The van der Waals surface area contributed by atoms with Crippen LogP contribution in [0.15, 0.2) is 33.9 Å². The van der Waals surface area contributed by atoms with Gasteiger partial charge in [-0.15, -0.1) is 0 Å². The molecular weight excluding hydrogens is 456 g/mol. The summed E-state index contributed by atoms with van der Waals surface area (Å²) in [4.78, 5) is 48.9. The Hall–Kier alpha value is -3.42. The molecule has 4 N–H and O–H groups in total. The molecule has 0 spiro atoms. The van der Waals surface area contributed by atoms with Gasteiger partial charge in [-0.1, -0.05) is 88.5 Å². The van der Waals surface area contributed by atoms with E-state index in [9.17, 15) is 19.5 Å². The molecular formula is C28H34N4O4. The third-order valence-corrected chi connectivity index (χ3v) is 7.93. The van der Waals surface area contributed by atoms with E-state index >= 15 is 0 Å². The lowest BCUT2D eigenvalue weighted by Gasteiger charge is -2.26. The summed E-state index contributed by atoms with van der Waals surface area (Å²) >= 11 is 0. The lowest BCUT2D eigenvalue weighted by atomic mass is 9.78. The van der Waals surface area contributed by atoms with Crippen LogP contribution in [0.2, 0.25) is 0 Å². The first-order chi connectivity index (χ1) is 17.5. The maximum atomic E-state index is 12.8. The van der Waals surface area contributed by atoms with Crippen LogP contribution >= 0.6 is 0 Å². The van der Waals surface area contributed by atoms with E-state index in [0.29, 0.717) is 18.3 Å². The summed E-state index contributed by atoms with van der Waals surface area (Å²) in [6.07, 6.45) is 13.5. The van der Waals surface area contributed by atoms with Gasteiger partial charge in [0.2, 0.25) is 0 Å². The molecule has 0 aliphatic heterocycles. The average molecular weight is 491 g/mol. The number of nitrogens with zero attached hydrogens (tertiary/aromatic N) is 1. The second-order valence-electron chi connectivity index (χ2n) is 10.4. The smallest absolute Gasteiger partial charge is 0.339 e. The molecule has 36 heavy (non-hydrogen) atoms. The van der Waals surface area contributed by atoms with E-state index in [1.807, 2.05) is 18.2 Å². The van der Waals surface area contributed by atoms with Crippen LogP contribution in [0.5, 0.6) is 0 Å². The molecule has 2 aliphatic carbocycles. The van der Waals surface area contributed by atoms with Crippen LogP contribution in [0, 0.1) is 11.8 Å². The van der Waals surface area contributed by atoms with Gasteiger partial charge in [0.05, 0.1) is 0 Å². The number of fused-ring (bicyclic) bond motifs is 1. The van der Waals surface area contributed by atoms with Crippen LogP contribution < -0.4 is 11.2 Å². The molecule has 8 heteroatoms. The summed E-state index contributed by atoms with van der Waals surface area (Å²) in [6, 6.07) is 8.17. The topological polar surface area (TPSA) is 132 Å². The van der Waals surface area contributed by atoms with E-state index in [2.05, 4.69) is 26.0 Å². The molecule has 2 aliphatic rings. The zero-order valence-electron chi connectivity index (χ0n) is 20.6. The van der Waals surface area contributed by atoms with E-state index in [1.165, 1.54) is 44.1 Å². The zero-order chi connectivity index (χ0) is 25.1. The highest BCUT2D eigenvalue weighted by atomic mass is 16.4. The number of allylic oxidation sites excluding steroid dienone is 1. The fraction of sp³-hybridized carbons (Fsp3) is 0.500. The Labute approximate surface area is 209 Å². The number of imidazole rings is 1. The van der Waals surface area contributed by atoms with Crippen LogP contribution in [-0.4, -0.2) is 31.0 Å². The molecule has 0 atom stereocenters. The number of hydrogen-bond donors (Lipinski definition) is 4. The summed E-state index contributed by atoms with van der Waals surface area (Å²) in [5.74, 6) is 0.0200. The summed E-state index contributed by atoms with van der Waals surface area (Å²) in [7, 11) is 0. The molecule has 0 radical (unpaired) electrons. The van der Waals surface area contributed by atoms with Gasteiger partial charge in [0, 0.05) is 0 Å². The van der Waals surface area contributed by atoms with E-state index < -0.39 is 17.2 Å². The van der Waals surface area contributed by atoms with E-state index in [0.717, 1.165) is 43.2 Å². The van der Waals surface area contributed by atoms with Crippen LogP contribution in [-0.2, 0) is 11.2 Å². The van der Waals surface area contributed by atoms with E-state index in [4.69, 9.17) is 0 Å². The first-order valence-corrected chi connectivity index (χ1v) is 13.3. The minimum atomic E-state index is -1.09. The summed E-state index contributed by atoms with van der Waals surface area (Å²) < 4.78 is 0. The third-order valence-electron chi connectivity index (χ3n) is 7.93. The summed E-state index contributed by atoms with van der Waals surface area (Å²) in [6.45, 7) is 0. The maximum absolute atomic E-state index is 12.8. The highest BCUT2D eigenvalue weighted by Crippen LogP contribution is 2.39. The molecule has 2 aromatic heterocycles. The SMILES string of the molecule is O=C(O)C(=C(CC1CCCCC1)c1ccccc1CC1CCCCC1)c1nc2c(=O)[nH]c(=O)[nH]c2[nH]1. The van der Waals surface area contributed by atoms with Crippen molar-refractivity contribution >= 4 is 28.3 Å². The lowest BCUT2D eigenvalue weighted by molar-refractivity contribution is -0.130. The zero-order valence-corrected chi connectivity index (χ0v) is 20.6. The molecule has 5 rings (SSSR count). The Morgan fingerprint density at radius 2 is 1.56 bits per heavy atom. The van der Waals surface area contributed by atoms with Crippen molar-refractivity contribution in [3.05, 3.63) is 62.1 Å². The van der Waals surface area contributed by atoms with Crippen LogP contribution in [0.1, 0.15) is 87.6 Å². The van der Waals surface area contributed by atoms with E-state index in [-0.39, 0.29) is 22.6 Å². The number of aliphatic carboxylic acids is 1. The number of nitrogens with one attached hydrogen (secondary N) is 3. The highest BCUT2D eigenvalue weighted by Gasteiger charge is 2.27. The fourth-order valence-corrected chi connectivity index (χ4v) is 6.15. The molecule has 0 bridgehead atoms. The number of rotatable bonds is 7. The predicted octanol–water partition coefficient (Wildman–Crippen LogP) is 5.03. The second kappa shape index (κ2) is 10.7. The molecule has 2 heterocycles. The molecule has 0 amide bonds. The monoisotopic (exact) mass is 490 g/mol. The van der Waals surface area contributed by atoms with Crippen LogP contribution in [0.4, 0.5) is 0 Å². The molecule has 3 aromatic rings. The average Bonchev–Trinajstić information content (AvgIpc) is 3.29. The van der Waals surface area contributed by atoms with Crippen LogP contribution in [0.25, 0.3) is 22.3 Å². The van der Waals surface area contributed by atoms with Gasteiger partial charge >= 0.3 is 11.7 Å². The molecule has 190 valence electrons. The van der Waals surface area contributed by atoms with Crippen molar-refractivity contribution in [3.63, 3.8) is 0 Å². The Morgan fingerprint density at radius 1 is 0.889 bits per heavy atom. The first kappa shape index (κ1) is 24.3. The minimum Gasteiger partial charge on any atom is -0.478 e. The fourth-order valence-electron chi connectivity index (χ4n) is 6.15. The number of benzene rings is 1. The van der Waals surface area contributed by atoms with E-state index in [1.54, 1.807) is 0 Å². The molecule has 0 saturated heterocycles. The quantitative estimate of drug-likeness (QED) is 0.345. The van der Waals surface area contributed by atoms with Crippen molar-refractivity contribution in [3.8, 4) is 0 Å². The number of carboxylic acid groups (broad SMARTS) is 1. The summed E-state index contributed by atoms with van der Waals surface area (Å²) in [5, 5.41) is 10.5. The van der Waals surface area contributed by atoms with Crippen molar-refractivity contribution in [1.29, 1.82) is 0 Å². The Kier molecular flexibility index (Phi) is 7.20. The highest BCUT2D eigenvalue weighted by molar-refractivity contribution is 6.23. The van der Waals surface area contributed by atoms with Gasteiger partial charge in [-0.25, -0.2) is 14.6 Å².